The number of nitrogens with one attached hydrogen (secondary N) is 1. The van der Waals surface area contributed by atoms with Crippen LogP contribution in [-0.2, 0) is 6.54 Å². The first-order chi connectivity index (χ1) is 7.44. The van der Waals surface area contributed by atoms with Crippen molar-refractivity contribution in [3.8, 4) is 0 Å². The molecule has 0 aliphatic carbocycles. The summed E-state index contributed by atoms with van der Waals surface area (Å²) in [5.41, 5.74) is 0.855. The van der Waals surface area contributed by atoms with Crippen molar-refractivity contribution in [1.82, 2.24) is 5.32 Å². The molecule has 0 aromatic heterocycles. The highest BCUT2D eigenvalue weighted by Gasteiger charge is 2.15. The number of benzene rings is 1. The van der Waals surface area contributed by atoms with Crippen molar-refractivity contribution in [1.29, 1.82) is 0 Å². The third kappa shape index (κ3) is 4.30. The maximum atomic E-state index is 9.10. The molecule has 16 heavy (non-hydrogen) atoms. The average molecular weight is 262 g/mol. The smallest absolute Gasteiger partial charge is 0.0494 e. The zero-order chi connectivity index (χ0) is 12.2. The van der Waals surface area contributed by atoms with Crippen LogP contribution in [0.25, 0.3) is 0 Å². The minimum absolute atomic E-state index is 0.120. The van der Waals surface area contributed by atoms with Crippen molar-refractivity contribution in [2.45, 2.75) is 20.4 Å². The van der Waals surface area contributed by atoms with Gasteiger partial charge in [-0.3, -0.25) is 0 Å². The molecule has 0 bridgehead atoms. The van der Waals surface area contributed by atoms with Gasteiger partial charge in [-0.25, -0.2) is 0 Å². The lowest BCUT2D eigenvalue weighted by Gasteiger charge is -2.22. The number of rotatable bonds is 5. The lowest BCUT2D eigenvalue weighted by molar-refractivity contribution is 0.156. The fraction of sp³-hybridized carbons (Fsp3) is 0.500. The molecule has 0 saturated carbocycles. The summed E-state index contributed by atoms with van der Waals surface area (Å²) in [6, 6.07) is 5.41. The van der Waals surface area contributed by atoms with Crippen LogP contribution < -0.4 is 5.32 Å². The first-order valence-electron chi connectivity index (χ1n) is 5.20. The summed E-state index contributed by atoms with van der Waals surface area (Å²) in [6.07, 6.45) is 0. The van der Waals surface area contributed by atoms with Crippen molar-refractivity contribution in [2.24, 2.45) is 5.41 Å². The van der Waals surface area contributed by atoms with Crippen LogP contribution in [0.5, 0.6) is 0 Å². The molecule has 0 aliphatic heterocycles. The second-order valence-corrected chi connectivity index (χ2v) is 5.51. The standard InChI is InChI=1S/C12H17Cl2NO/c1-12(2,8-16)7-15-6-9-5-10(13)3-4-11(9)14/h3-5,15-16H,6-8H2,1-2H3. The van der Waals surface area contributed by atoms with Gasteiger partial charge < -0.3 is 10.4 Å². The molecule has 0 unspecified atom stereocenters. The molecule has 0 heterocycles. The monoisotopic (exact) mass is 261 g/mol. The van der Waals surface area contributed by atoms with Crippen LogP contribution in [0.1, 0.15) is 19.4 Å². The van der Waals surface area contributed by atoms with Crippen molar-refractivity contribution in [2.75, 3.05) is 13.2 Å². The van der Waals surface area contributed by atoms with Gasteiger partial charge in [0.05, 0.1) is 0 Å². The number of aliphatic hydroxyl groups excluding tert-OH is 1. The largest absolute Gasteiger partial charge is 0.396 e. The van der Waals surface area contributed by atoms with Gasteiger partial charge >= 0.3 is 0 Å². The maximum Gasteiger partial charge on any atom is 0.0494 e. The Labute approximate surface area is 107 Å². The Bertz CT molecular complexity index is 353. The maximum absolute atomic E-state index is 9.10. The molecule has 4 heteroatoms. The summed E-state index contributed by atoms with van der Waals surface area (Å²) in [7, 11) is 0. The predicted molar refractivity (Wildman–Crippen MR) is 69.0 cm³/mol. The summed E-state index contributed by atoms with van der Waals surface area (Å²) in [4.78, 5) is 0. The van der Waals surface area contributed by atoms with Crippen molar-refractivity contribution in [3.63, 3.8) is 0 Å². The Balaban J connectivity index is 2.52. The highest BCUT2D eigenvalue weighted by atomic mass is 35.5. The average Bonchev–Trinajstić information content (AvgIpc) is 2.23. The van der Waals surface area contributed by atoms with E-state index in [-0.39, 0.29) is 12.0 Å². The van der Waals surface area contributed by atoms with Gasteiger partial charge in [0, 0.05) is 35.2 Å². The van der Waals surface area contributed by atoms with Gasteiger partial charge in [-0.15, -0.1) is 0 Å². The quantitative estimate of drug-likeness (QED) is 0.854. The number of aliphatic hydroxyl groups is 1. The molecule has 0 amide bonds. The molecule has 0 saturated heterocycles. The highest BCUT2D eigenvalue weighted by Crippen LogP contribution is 2.20. The Morgan fingerprint density at radius 2 is 2.00 bits per heavy atom. The third-order valence-corrected chi connectivity index (χ3v) is 2.96. The van der Waals surface area contributed by atoms with Crippen LogP contribution in [0, 0.1) is 5.41 Å². The van der Waals surface area contributed by atoms with Crippen LogP contribution >= 0.6 is 23.2 Å². The van der Waals surface area contributed by atoms with E-state index in [2.05, 4.69) is 5.32 Å². The zero-order valence-corrected chi connectivity index (χ0v) is 11.1. The Hall–Kier alpha value is -0.280. The number of halogens is 2. The van der Waals surface area contributed by atoms with Crippen LogP contribution in [0.15, 0.2) is 18.2 Å². The molecule has 2 nitrogen and oxygen atoms in total. The number of hydrogen-bond acceptors (Lipinski definition) is 2. The van der Waals surface area contributed by atoms with Crippen LogP contribution in [-0.4, -0.2) is 18.3 Å². The van der Waals surface area contributed by atoms with E-state index < -0.39 is 0 Å². The minimum atomic E-state index is -0.120. The molecule has 1 aromatic carbocycles. The van der Waals surface area contributed by atoms with E-state index in [1.54, 1.807) is 12.1 Å². The molecule has 0 atom stereocenters. The summed E-state index contributed by atoms with van der Waals surface area (Å²) >= 11 is 11.9. The molecular weight excluding hydrogens is 245 g/mol. The molecular formula is C12H17Cl2NO. The molecule has 1 aromatic rings. The van der Waals surface area contributed by atoms with E-state index in [1.807, 2.05) is 19.9 Å². The summed E-state index contributed by atoms with van der Waals surface area (Å²) < 4.78 is 0. The molecule has 1 rings (SSSR count). The van der Waals surface area contributed by atoms with Crippen molar-refractivity contribution in [3.05, 3.63) is 33.8 Å². The first-order valence-corrected chi connectivity index (χ1v) is 5.96. The van der Waals surface area contributed by atoms with E-state index in [9.17, 15) is 0 Å². The van der Waals surface area contributed by atoms with Crippen molar-refractivity contribution < 1.29 is 5.11 Å². The molecule has 2 N–H and O–H groups in total. The van der Waals surface area contributed by atoms with E-state index in [4.69, 9.17) is 28.3 Å². The Morgan fingerprint density at radius 3 is 2.62 bits per heavy atom. The highest BCUT2D eigenvalue weighted by molar-refractivity contribution is 6.33. The lowest BCUT2D eigenvalue weighted by atomic mass is 9.95. The molecule has 0 radical (unpaired) electrons. The molecule has 0 aliphatic rings. The summed E-state index contributed by atoms with van der Waals surface area (Å²) in [6.45, 7) is 5.54. The van der Waals surface area contributed by atoms with Gasteiger partial charge in [0.15, 0.2) is 0 Å². The third-order valence-electron chi connectivity index (χ3n) is 2.35. The first kappa shape index (κ1) is 13.8. The normalized spacial score (nSPS) is 11.8. The Morgan fingerprint density at radius 1 is 1.31 bits per heavy atom. The SMILES string of the molecule is CC(C)(CO)CNCc1cc(Cl)ccc1Cl. The van der Waals surface area contributed by atoms with E-state index in [1.165, 1.54) is 0 Å². The lowest BCUT2D eigenvalue weighted by Crippen LogP contribution is -2.31. The van der Waals surface area contributed by atoms with Crippen LogP contribution in [0.4, 0.5) is 0 Å². The summed E-state index contributed by atoms with van der Waals surface area (Å²) in [5, 5.41) is 13.8. The van der Waals surface area contributed by atoms with E-state index in [0.717, 1.165) is 12.1 Å². The van der Waals surface area contributed by atoms with Crippen molar-refractivity contribution >= 4 is 23.2 Å². The fourth-order valence-corrected chi connectivity index (χ4v) is 1.65. The van der Waals surface area contributed by atoms with Crippen LogP contribution in [0.3, 0.4) is 0 Å². The van der Waals surface area contributed by atoms with Gasteiger partial charge in [0.1, 0.15) is 0 Å². The fourth-order valence-electron chi connectivity index (χ4n) is 1.27. The minimum Gasteiger partial charge on any atom is -0.396 e. The van der Waals surface area contributed by atoms with Crippen LogP contribution in [0.2, 0.25) is 10.0 Å². The Kier molecular flexibility index (Phi) is 5.06. The molecule has 0 spiro atoms. The molecule has 90 valence electrons. The molecule has 0 fully saturated rings. The van der Waals surface area contributed by atoms with E-state index in [0.29, 0.717) is 16.6 Å². The van der Waals surface area contributed by atoms with Gasteiger partial charge in [0.25, 0.3) is 0 Å². The van der Waals surface area contributed by atoms with Gasteiger partial charge in [0.2, 0.25) is 0 Å². The zero-order valence-electron chi connectivity index (χ0n) is 9.56. The van der Waals surface area contributed by atoms with E-state index >= 15 is 0 Å². The second-order valence-electron chi connectivity index (χ2n) is 4.66. The second kappa shape index (κ2) is 5.87. The number of hydrogen-bond donors (Lipinski definition) is 2. The van der Waals surface area contributed by atoms with Gasteiger partial charge in [-0.2, -0.15) is 0 Å². The van der Waals surface area contributed by atoms with Gasteiger partial charge in [-0.05, 0) is 23.8 Å². The topological polar surface area (TPSA) is 32.3 Å². The summed E-state index contributed by atoms with van der Waals surface area (Å²) in [5.74, 6) is 0. The predicted octanol–water partition coefficient (Wildman–Crippen LogP) is 3.10. The van der Waals surface area contributed by atoms with Gasteiger partial charge in [-0.1, -0.05) is 37.0 Å².